The van der Waals surface area contributed by atoms with Crippen molar-refractivity contribution in [1.82, 2.24) is 9.21 Å². The largest absolute Gasteiger partial charge is 0.327 e. The van der Waals surface area contributed by atoms with Crippen molar-refractivity contribution in [2.24, 2.45) is 4.99 Å². The Morgan fingerprint density at radius 3 is 2.42 bits per heavy atom. The summed E-state index contributed by atoms with van der Waals surface area (Å²) in [5, 5.41) is 0. The highest BCUT2D eigenvalue weighted by Crippen LogP contribution is 2.33. The fourth-order valence-electron chi connectivity index (χ4n) is 4.68. The van der Waals surface area contributed by atoms with Gasteiger partial charge in [0.15, 0.2) is 0 Å². The highest BCUT2D eigenvalue weighted by atomic mass is 32.2. The summed E-state index contributed by atoms with van der Waals surface area (Å²) in [6, 6.07) is 1.12. The summed E-state index contributed by atoms with van der Waals surface area (Å²) < 4.78 is 2.47. The molecular weight excluding hydrogens is 338 g/mol. The summed E-state index contributed by atoms with van der Waals surface area (Å²) in [5.41, 5.74) is 2.72. The molecule has 26 heavy (non-hydrogen) atoms. The molecule has 2 heterocycles. The van der Waals surface area contributed by atoms with Crippen molar-refractivity contribution in [3.63, 3.8) is 0 Å². The summed E-state index contributed by atoms with van der Waals surface area (Å²) in [7, 11) is 0. The molecule has 3 aliphatic rings. The van der Waals surface area contributed by atoms with Gasteiger partial charge in [-0.15, -0.1) is 0 Å². The van der Waals surface area contributed by atoms with Crippen molar-refractivity contribution in [3.8, 4) is 0 Å². The van der Waals surface area contributed by atoms with E-state index >= 15 is 0 Å². The average Bonchev–Trinajstić information content (AvgIpc) is 2.94. The molecule has 1 saturated heterocycles. The first kappa shape index (κ1) is 20.0. The Morgan fingerprint density at radius 1 is 1.12 bits per heavy atom. The van der Waals surface area contributed by atoms with Gasteiger partial charge in [0.2, 0.25) is 0 Å². The average molecular weight is 376 g/mol. The van der Waals surface area contributed by atoms with E-state index in [9.17, 15) is 0 Å². The molecule has 1 aliphatic carbocycles. The minimum Gasteiger partial charge on any atom is -0.327 e. The summed E-state index contributed by atoms with van der Waals surface area (Å²) in [6.07, 6.45) is 18.5. The molecule has 3 nitrogen and oxygen atoms in total. The molecule has 1 saturated carbocycles. The van der Waals surface area contributed by atoms with E-state index in [1.54, 1.807) is 0 Å². The molecule has 2 fully saturated rings. The normalized spacial score (nSPS) is 26.2. The zero-order valence-electron chi connectivity index (χ0n) is 16.9. The van der Waals surface area contributed by atoms with E-state index < -0.39 is 0 Å². The van der Waals surface area contributed by atoms with Crippen LogP contribution in [0.15, 0.2) is 28.9 Å². The van der Waals surface area contributed by atoms with E-state index in [0.29, 0.717) is 12.1 Å². The highest BCUT2D eigenvalue weighted by Gasteiger charge is 2.30. The second kappa shape index (κ2) is 9.98. The van der Waals surface area contributed by atoms with Crippen LogP contribution < -0.4 is 0 Å². The number of rotatable bonds is 5. The van der Waals surface area contributed by atoms with Crippen molar-refractivity contribution in [3.05, 3.63) is 23.9 Å². The summed E-state index contributed by atoms with van der Waals surface area (Å²) in [5.74, 6) is 1.31. The van der Waals surface area contributed by atoms with E-state index in [1.807, 2.05) is 11.9 Å². The Hall–Kier alpha value is -0.740. The van der Waals surface area contributed by atoms with Crippen LogP contribution in [0, 0.1) is 0 Å². The lowest BCUT2D eigenvalue weighted by Crippen LogP contribution is -2.42. The van der Waals surface area contributed by atoms with Gasteiger partial charge in [-0.2, -0.15) is 0 Å². The number of hydrogen-bond acceptors (Lipinski definition) is 3. The van der Waals surface area contributed by atoms with Gasteiger partial charge < -0.3 is 4.90 Å². The van der Waals surface area contributed by atoms with Crippen molar-refractivity contribution in [1.29, 1.82) is 0 Å². The number of piperidine rings is 1. The third-order valence-corrected chi connectivity index (χ3v) is 7.07. The van der Waals surface area contributed by atoms with Crippen LogP contribution in [0.2, 0.25) is 0 Å². The molecule has 0 amide bonds. The smallest absolute Gasteiger partial charge is 0.108 e. The lowest BCUT2D eigenvalue weighted by molar-refractivity contribution is 0.320. The van der Waals surface area contributed by atoms with Gasteiger partial charge in [-0.25, -0.2) is 0 Å². The minimum atomic E-state index is 0.496. The highest BCUT2D eigenvalue weighted by molar-refractivity contribution is 7.96. The quantitative estimate of drug-likeness (QED) is 0.447. The predicted molar refractivity (Wildman–Crippen MR) is 116 cm³/mol. The third kappa shape index (κ3) is 4.95. The zero-order valence-corrected chi connectivity index (χ0v) is 17.7. The van der Waals surface area contributed by atoms with Gasteiger partial charge in [-0.1, -0.05) is 63.6 Å². The van der Waals surface area contributed by atoms with Gasteiger partial charge in [-0.3, -0.25) is 9.30 Å². The van der Waals surface area contributed by atoms with Crippen molar-refractivity contribution in [2.75, 3.05) is 19.3 Å². The zero-order chi connectivity index (χ0) is 18.4. The predicted octanol–water partition coefficient (Wildman–Crippen LogP) is 5.80. The standard InChI is InChI=1S/C22H37N3S/c1-4-9-19-12-13-22(23-20-14-16-24(26-3)17-15-20)25(18(19)2)21-10-7-5-6-8-11-21/h12,20-21H,2,4-11,13-17H2,1,3H3. The molecule has 3 rings (SSSR count). The van der Waals surface area contributed by atoms with E-state index in [-0.39, 0.29) is 0 Å². The van der Waals surface area contributed by atoms with Gasteiger partial charge in [-0.05, 0) is 43.9 Å². The van der Waals surface area contributed by atoms with Crippen LogP contribution in [0.1, 0.15) is 77.6 Å². The number of aliphatic imine (C=N–C) groups is 1. The summed E-state index contributed by atoms with van der Waals surface area (Å²) in [4.78, 5) is 7.88. The Kier molecular flexibility index (Phi) is 7.68. The van der Waals surface area contributed by atoms with Gasteiger partial charge in [0.05, 0.1) is 6.04 Å². The van der Waals surface area contributed by atoms with Crippen LogP contribution in [0.5, 0.6) is 0 Å². The lowest BCUT2D eigenvalue weighted by Gasteiger charge is -2.40. The fourth-order valence-corrected chi connectivity index (χ4v) is 5.26. The molecule has 0 unspecified atom stereocenters. The van der Waals surface area contributed by atoms with Crippen LogP contribution in [0.4, 0.5) is 0 Å². The topological polar surface area (TPSA) is 18.8 Å². The van der Waals surface area contributed by atoms with E-state index in [2.05, 4.69) is 35.0 Å². The maximum Gasteiger partial charge on any atom is 0.108 e. The Morgan fingerprint density at radius 2 is 1.81 bits per heavy atom. The molecule has 146 valence electrons. The monoisotopic (exact) mass is 375 g/mol. The Bertz CT molecular complexity index is 524. The van der Waals surface area contributed by atoms with E-state index in [1.165, 1.54) is 88.0 Å². The maximum absolute atomic E-state index is 5.30. The first-order valence-corrected chi connectivity index (χ1v) is 11.9. The molecule has 2 aliphatic heterocycles. The first-order valence-electron chi connectivity index (χ1n) is 10.8. The fraction of sp³-hybridized carbons (Fsp3) is 0.773. The molecule has 0 radical (unpaired) electrons. The second-order valence-electron chi connectivity index (χ2n) is 8.03. The number of hydrogen-bond donors (Lipinski definition) is 0. The second-order valence-corrected chi connectivity index (χ2v) is 8.92. The summed E-state index contributed by atoms with van der Waals surface area (Å²) in [6.45, 7) is 9.15. The van der Waals surface area contributed by atoms with Gasteiger partial charge in [0.25, 0.3) is 0 Å². The molecule has 4 heteroatoms. The molecule has 0 aromatic carbocycles. The lowest BCUT2D eigenvalue weighted by atomic mass is 9.96. The molecule has 0 spiro atoms. The van der Waals surface area contributed by atoms with E-state index in [4.69, 9.17) is 4.99 Å². The van der Waals surface area contributed by atoms with Crippen LogP contribution in [0.25, 0.3) is 0 Å². The summed E-state index contributed by atoms with van der Waals surface area (Å²) >= 11 is 1.88. The molecule has 0 aromatic heterocycles. The van der Waals surface area contributed by atoms with Crippen molar-refractivity contribution in [2.45, 2.75) is 89.6 Å². The minimum absolute atomic E-state index is 0.496. The van der Waals surface area contributed by atoms with Crippen LogP contribution in [0.3, 0.4) is 0 Å². The van der Waals surface area contributed by atoms with E-state index in [0.717, 1.165) is 12.8 Å². The van der Waals surface area contributed by atoms with Crippen LogP contribution in [-0.2, 0) is 0 Å². The number of allylic oxidation sites excluding steroid dienone is 1. The van der Waals surface area contributed by atoms with Crippen LogP contribution >= 0.6 is 11.9 Å². The van der Waals surface area contributed by atoms with Crippen molar-refractivity contribution >= 4 is 17.8 Å². The van der Waals surface area contributed by atoms with Gasteiger partial charge >= 0.3 is 0 Å². The van der Waals surface area contributed by atoms with Crippen molar-refractivity contribution < 1.29 is 0 Å². The molecule has 0 atom stereocenters. The Labute approximate surface area is 165 Å². The van der Waals surface area contributed by atoms with Gasteiger partial charge in [0, 0.05) is 31.2 Å². The maximum atomic E-state index is 5.30. The number of nitrogens with zero attached hydrogens (tertiary/aromatic N) is 3. The SMILES string of the molecule is C=C1C(CCC)=CCC(=NC2CCN(SC)CC2)N1C1CCCCCC1. The van der Waals surface area contributed by atoms with Gasteiger partial charge in [0.1, 0.15) is 5.84 Å². The Balaban J connectivity index is 1.78. The third-order valence-electron chi connectivity index (χ3n) is 6.19. The molecule has 0 aromatic rings. The number of amidine groups is 1. The van der Waals surface area contributed by atoms with Crippen LogP contribution in [-0.4, -0.2) is 46.5 Å². The molecular formula is C22H37N3S. The first-order chi connectivity index (χ1) is 12.7. The molecule has 0 bridgehead atoms. The molecule has 0 N–H and O–H groups in total.